The first-order chi connectivity index (χ1) is 10.6. The molecule has 1 heterocycles. The molecule has 7 heteroatoms. The number of nitrogens with one attached hydrogen (secondary N) is 1. The van der Waals surface area contributed by atoms with Gasteiger partial charge in [-0.15, -0.1) is 11.3 Å². The lowest BCUT2D eigenvalue weighted by Crippen LogP contribution is -2.28. The summed E-state index contributed by atoms with van der Waals surface area (Å²) in [7, 11) is 1.55. The summed E-state index contributed by atoms with van der Waals surface area (Å²) in [4.78, 5) is 17.2. The Morgan fingerprint density at radius 3 is 2.82 bits per heavy atom. The van der Waals surface area contributed by atoms with E-state index in [9.17, 15) is 4.79 Å². The number of nitrogens with zero attached hydrogens (tertiary/aromatic N) is 1. The number of methoxy groups -OCH3 is 1. The number of rotatable bonds is 7. The maximum Gasteiger partial charge on any atom is 0.228 e. The van der Waals surface area contributed by atoms with Crippen LogP contribution in [0.25, 0.3) is 0 Å². The highest BCUT2D eigenvalue weighted by atomic mass is 79.9. The van der Waals surface area contributed by atoms with Crippen LogP contribution in [0.3, 0.4) is 0 Å². The Morgan fingerprint density at radius 2 is 2.18 bits per heavy atom. The highest BCUT2D eigenvalue weighted by molar-refractivity contribution is 9.10. The lowest BCUT2D eigenvalue weighted by atomic mass is 10.1. The number of aromatic nitrogens is 1. The van der Waals surface area contributed by atoms with Crippen LogP contribution in [-0.2, 0) is 16.0 Å². The maximum absolute atomic E-state index is 11.9. The van der Waals surface area contributed by atoms with Crippen LogP contribution in [0.15, 0.2) is 34.9 Å². The second-order valence-corrected chi connectivity index (χ2v) is 6.81. The Balaban J connectivity index is 1.91. The molecule has 1 unspecified atom stereocenters. The fraction of sp³-hybridized carbons (Fsp3) is 0.333. The van der Waals surface area contributed by atoms with Gasteiger partial charge in [0.15, 0.2) is 5.13 Å². The van der Waals surface area contributed by atoms with Gasteiger partial charge in [-0.25, -0.2) is 4.98 Å². The van der Waals surface area contributed by atoms with Crippen LogP contribution in [-0.4, -0.2) is 30.6 Å². The zero-order valence-corrected chi connectivity index (χ0v) is 14.6. The quantitative estimate of drug-likeness (QED) is 0.770. The molecule has 2 aromatic rings. The van der Waals surface area contributed by atoms with E-state index in [0.29, 0.717) is 11.7 Å². The topological polar surface area (TPSA) is 77.2 Å². The van der Waals surface area contributed by atoms with Crippen LogP contribution < -0.4 is 11.1 Å². The van der Waals surface area contributed by atoms with Gasteiger partial charge in [0.05, 0.1) is 12.5 Å². The molecule has 0 aliphatic rings. The number of nitrogens with two attached hydrogens (primary N) is 1. The Hall–Kier alpha value is -1.28. The largest absolute Gasteiger partial charge is 0.380 e. The summed E-state index contributed by atoms with van der Waals surface area (Å²) in [6.45, 7) is 0.316. The SMILES string of the molecule is COC(CN)CC(=O)Nc1ncc(Cc2ccc(Br)cc2)s1. The van der Waals surface area contributed by atoms with E-state index in [1.807, 2.05) is 12.1 Å². The average molecular weight is 384 g/mol. The highest BCUT2D eigenvalue weighted by Crippen LogP contribution is 2.22. The van der Waals surface area contributed by atoms with Gasteiger partial charge in [-0.05, 0) is 17.7 Å². The van der Waals surface area contributed by atoms with Gasteiger partial charge in [0, 0.05) is 35.6 Å². The Kier molecular flexibility index (Phi) is 6.50. The minimum atomic E-state index is -0.262. The van der Waals surface area contributed by atoms with Crippen LogP contribution in [0, 0.1) is 0 Å². The molecule has 0 radical (unpaired) electrons. The Morgan fingerprint density at radius 1 is 1.45 bits per heavy atom. The molecule has 1 amide bonds. The molecule has 0 aliphatic carbocycles. The predicted octanol–water partition coefficient (Wildman–Crippen LogP) is 2.80. The third-order valence-electron chi connectivity index (χ3n) is 3.10. The molecule has 3 N–H and O–H groups in total. The van der Waals surface area contributed by atoms with Gasteiger partial charge in [0.1, 0.15) is 0 Å². The van der Waals surface area contributed by atoms with E-state index in [4.69, 9.17) is 10.5 Å². The zero-order chi connectivity index (χ0) is 15.9. The molecule has 118 valence electrons. The van der Waals surface area contributed by atoms with Crippen LogP contribution in [0.5, 0.6) is 0 Å². The van der Waals surface area contributed by atoms with Gasteiger partial charge in [-0.3, -0.25) is 4.79 Å². The van der Waals surface area contributed by atoms with Crippen molar-refractivity contribution in [2.75, 3.05) is 19.0 Å². The molecule has 2 rings (SSSR count). The van der Waals surface area contributed by atoms with E-state index in [-0.39, 0.29) is 18.4 Å². The van der Waals surface area contributed by atoms with Gasteiger partial charge in [-0.1, -0.05) is 28.1 Å². The fourth-order valence-electron chi connectivity index (χ4n) is 1.89. The molecule has 1 aromatic carbocycles. The normalized spacial score (nSPS) is 12.1. The summed E-state index contributed by atoms with van der Waals surface area (Å²) in [6.07, 6.45) is 2.56. The van der Waals surface area contributed by atoms with Crippen molar-refractivity contribution < 1.29 is 9.53 Å². The van der Waals surface area contributed by atoms with Crippen LogP contribution in [0.1, 0.15) is 16.9 Å². The van der Waals surface area contributed by atoms with Crippen molar-refractivity contribution in [1.29, 1.82) is 0 Å². The number of ether oxygens (including phenoxy) is 1. The van der Waals surface area contributed by atoms with Gasteiger partial charge >= 0.3 is 0 Å². The van der Waals surface area contributed by atoms with Gasteiger partial charge in [0.25, 0.3) is 0 Å². The number of anilines is 1. The van der Waals surface area contributed by atoms with Crippen molar-refractivity contribution in [3.63, 3.8) is 0 Å². The van der Waals surface area contributed by atoms with Crippen LogP contribution in [0.2, 0.25) is 0 Å². The van der Waals surface area contributed by atoms with E-state index < -0.39 is 0 Å². The molecular formula is C15H18BrN3O2S. The molecule has 0 bridgehead atoms. The summed E-state index contributed by atoms with van der Waals surface area (Å²) >= 11 is 4.89. The first-order valence-corrected chi connectivity index (χ1v) is 8.43. The van der Waals surface area contributed by atoms with Crippen molar-refractivity contribution in [2.45, 2.75) is 18.9 Å². The molecule has 0 saturated heterocycles. The minimum absolute atomic E-state index is 0.137. The standard InChI is InChI=1S/C15H18BrN3O2S/c1-21-12(8-17)7-14(20)19-15-18-9-13(22-15)6-10-2-4-11(16)5-3-10/h2-5,9,12H,6-8,17H2,1H3,(H,18,19,20). The van der Waals surface area contributed by atoms with E-state index in [2.05, 4.69) is 38.4 Å². The molecule has 0 spiro atoms. The zero-order valence-electron chi connectivity index (χ0n) is 12.2. The second kappa shape index (κ2) is 8.38. The summed E-state index contributed by atoms with van der Waals surface area (Å²) in [5.74, 6) is -0.137. The minimum Gasteiger partial charge on any atom is -0.380 e. The van der Waals surface area contributed by atoms with Crippen LogP contribution >= 0.6 is 27.3 Å². The summed E-state index contributed by atoms with van der Waals surface area (Å²) < 4.78 is 6.15. The lowest BCUT2D eigenvalue weighted by Gasteiger charge is -2.11. The van der Waals surface area contributed by atoms with Crippen molar-refractivity contribution >= 4 is 38.3 Å². The van der Waals surface area contributed by atoms with E-state index in [1.165, 1.54) is 16.9 Å². The molecule has 5 nitrogen and oxygen atoms in total. The number of benzene rings is 1. The third-order valence-corrected chi connectivity index (χ3v) is 4.54. The fourth-order valence-corrected chi connectivity index (χ4v) is 3.02. The maximum atomic E-state index is 11.9. The summed E-state index contributed by atoms with van der Waals surface area (Å²) in [6, 6.07) is 8.15. The predicted molar refractivity (Wildman–Crippen MR) is 92.2 cm³/mol. The first kappa shape index (κ1) is 17.1. The van der Waals surface area contributed by atoms with Crippen molar-refractivity contribution in [3.05, 3.63) is 45.4 Å². The van der Waals surface area contributed by atoms with Gasteiger partial charge in [-0.2, -0.15) is 0 Å². The molecule has 0 aliphatic heterocycles. The Bertz CT molecular complexity index is 612. The third kappa shape index (κ3) is 5.17. The van der Waals surface area contributed by atoms with Gasteiger partial charge < -0.3 is 15.8 Å². The molecular weight excluding hydrogens is 366 g/mol. The van der Waals surface area contributed by atoms with Crippen molar-refractivity contribution in [1.82, 2.24) is 4.98 Å². The second-order valence-electron chi connectivity index (χ2n) is 4.78. The Labute approximate surface area is 142 Å². The van der Waals surface area contributed by atoms with Crippen molar-refractivity contribution in [3.8, 4) is 0 Å². The number of hydrogen-bond donors (Lipinski definition) is 2. The number of halogens is 1. The summed E-state index contributed by atoms with van der Waals surface area (Å²) in [5, 5.41) is 3.38. The molecule has 0 saturated carbocycles. The highest BCUT2D eigenvalue weighted by Gasteiger charge is 2.13. The number of hydrogen-bond acceptors (Lipinski definition) is 5. The number of carbonyl (C=O) groups is 1. The van der Waals surface area contributed by atoms with E-state index >= 15 is 0 Å². The van der Waals surface area contributed by atoms with Crippen molar-refractivity contribution in [2.24, 2.45) is 5.73 Å². The monoisotopic (exact) mass is 383 g/mol. The lowest BCUT2D eigenvalue weighted by molar-refractivity contribution is -0.118. The van der Waals surface area contributed by atoms with Crippen LogP contribution in [0.4, 0.5) is 5.13 Å². The van der Waals surface area contributed by atoms with E-state index in [0.717, 1.165) is 15.8 Å². The van der Waals surface area contributed by atoms with Gasteiger partial charge in [0.2, 0.25) is 5.91 Å². The number of thiazole rings is 1. The molecule has 1 atom stereocenters. The smallest absolute Gasteiger partial charge is 0.228 e. The average Bonchev–Trinajstić information content (AvgIpc) is 2.94. The summed E-state index contributed by atoms with van der Waals surface area (Å²) in [5.41, 5.74) is 6.71. The molecule has 0 fully saturated rings. The first-order valence-electron chi connectivity index (χ1n) is 6.82. The molecule has 22 heavy (non-hydrogen) atoms. The number of carbonyl (C=O) groups excluding carboxylic acids is 1. The molecule has 1 aromatic heterocycles. The number of amides is 1. The van der Waals surface area contributed by atoms with E-state index in [1.54, 1.807) is 13.3 Å².